The van der Waals surface area contributed by atoms with E-state index < -0.39 is 23.9 Å². The Labute approximate surface area is 152 Å². The number of carbonyl (C=O) groups is 1. The summed E-state index contributed by atoms with van der Waals surface area (Å²) in [7, 11) is 1.42. The van der Waals surface area contributed by atoms with Gasteiger partial charge >= 0.3 is 6.36 Å². The van der Waals surface area contributed by atoms with E-state index in [0.717, 1.165) is 6.07 Å². The molecule has 0 aliphatic rings. The topological polar surface area (TPSA) is 93.3 Å². The Kier molecular flexibility index (Phi) is 6.56. The quantitative estimate of drug-likeness (QED) is 0.764. The molecule has 0 radical (unpaired) electrons. The predicted molar refractivity (Wildman–Crippen MR) is 89.2 cm³/mol. The number of H-pyrrole nitrogens is 1. The van der Waals surface area contributed by atoms with Crippen molar-refractivity contribution in [3.05, 3.63) is 57.8 Å². The predicted octanol–water partition coefficient (Wildman–Crippen LogP) is 2.70. The number of carbonyl (C=O) groups excluding carboxylic acids is 1. The fraction of sp³-hybridized carbons (Fsp3) is 0.353. The molecule has 2 rings (SSSR count). The molecule has 1 atom stereocenters. The zero-order valence-electron chi connectivity index (χ0n) is 14.6. The number of benzene rings is 1. The van der Waals surface area contributed by atoms with Crippen molar-refractivity contribution in [2.45, 2.75) is 32.4 Å². The monoisotopic (exact) mass is 385 g/mol. The average molecular weight is 385 g/mol. The highest BCUT2D eigenvalue weighted by Gasteiger charge is 2.31. The first-order chi connectivity index (χ1) is 12.7. The summed E-state index contributed by atoms with van der Waals surface area (Å²) in [5, 5.41) is 2.71. The number of aromatic nitrogens is 2. The van der Waals surface area contributed by atoms with Gasteiger partial charge in [0.2, 0.25) is 0 Å². The lowest BCUT2D eigenvalue weighted by Crippen LogP contribution is -2.30. The second-order valence-corrected chi connectivity index (χ2v) is 5.56. The molecular formula is C17H18F3N3O4. The first kappa shape index (κ1) is 20.4. The first-order valence-electron chi connectivity index (χ1n) is 7.97. The second-order valence-electron chi connectivity index (χ2n) is 5.56. The number of halogens is 3. The van der Waals surface area contributed by atoms with Gasteiger partial charge in [0.1, 0.15) is 23.9 Å². The van der Waals surface area contributed by atoms with Crippen molar-refractivity contribution >= 4 is 5.91 Å². The van der Waals surface area contributed by atoms with Gasteiger partial charge in [-0.15, -0.1) is 13.2 Å². The van der Waals surface area contributed by atoms with Crippen LogP contribution in [0.4, 0.5) is 13.2 Å². The molecule has 0 aliphatic heterocycles. The molecule has 1 aromatic carbocycles. The summed E-state index contributed by atoms with van der Waals surface area (Å²) in [6.45, 7) is 1.83. The van der Waals surface area contributed by atoms with Crippen LogP contribution in [0.3, 0.4) is 0 Å². The highest BCUT2D eigenvalue weighted by Crippen LogP contribution is 2.25. The molecule has 0 saturated carbocycles. The van der Waals surface area contributed by atoms with Gasteiger partial charge in [0.25, 0.3) is 11.5 Å². The highest BCUT2D eigenvalue weighted by atomic mass is 19.4. The molecule has 0 saturated heterocycles. The Morgan fingerprint density at radius 2 is 1.96 bits per heavy atom. The SMILES string of the molecule is CCC(NC(=O)c1cc(=O)[nH]c(COC)n1)c1ccc(OC(F)(F)F)cc1. The van der Waals surface area contributed by atoms with E-state index in [1.54, 1.807) is 6.92 Å². The number of hydrogen-bond acceptors (Lipinski definition) is 5. The summed E-state index contributed by atoms with van der Waals surface area (Å²) in [6.07, 6.45) is -4.30. The van der Waals surface area contributed by atoms with Gasteiger partial charge in [-0.25, -0.2) is 4.98 Å². The molecule has 7 nitrogen and oxygen atoms in total. The van der Waals surface area contributed by atoms with E-state index in [2.05, 4.69) is 20.0 Å². The van der Waals surface area contributed by atoms with Crippen LogP contribution in [0.1, 0.15) is 41.3 Å². The van der Waals surface area contributed by atoms with Crippen molar-refractivity contribution < 1.29 is 27.4 Å². The zero-order valence-corrected chi connectivity index (χ0v) is 14.6. The van der Waals surface area contributed by atoms with E-state index in [9.17, 15) is 22.8 Å². The zero-order chi connectivity index (χ0) is 20.0. The molecule has 10 heteroatoms. The molecule has 1 heterocycles. The Morgan fingerprint density at radius 3 is 2.52 bits per heavy atom. The van der Waals surface area contributed by atoms with E-state index >= 15 is 0 Å². The maximum absolute atomic E-state index is 12.4. The molecule has 2 N–H and O–H groups in total. The van der Waals surface area contributed by atoms with Crippen molar-refractivity contribution in [1.82, 2.24) is 15.3 Å². The fourth-order valence-electron chi connectivity index (χ4n) is 2.38. The smallest absolute Gasteiger partial charge is 0.406 e. The summed E-state index contributed by atoms with van der Waals surface area (Å²) in [5.41, 5.74) is 0.00695. The first-order valence-corrected chi connectivity index (χ1v) is 7.97. The molecule has 27 heavy (non-hydrogen) atoms. The number of alkyl halides is 3. The average Bonchev–Trinajstić information content (AvgIpc) is 2.58. The lowest BCUT2D eigenvalue weighted by molar-refractivity contribution is -0.274. The van der Waals surface area contributed by atoms with Gasteiger partial charge in [0.05, 0.1) is 6.04 Å². The van der Waals surface area contributed by atoms with Gasteiger partial charge in [0, 0.05) is 13.2 Å². The van der Waals surface area contributed by atoms with Crippen LogP contribution < -0.4 is 15.6 Å². The molecule has 1 aromatic heterocycles. The maximum atomic E-state index is 12.4. The van der Waals surface area contributed by atoms with E-state index in [4.69, 9.17) is 4.74 Å². The molecule has 0 fully saturated rings. The van der Waals surface area contributed by atoms with E-state index in [1.807, 2.05) is 0 Å². The summed E-state index contributed by atoms with van der Waals surface area (Å²) in [6, 6.07) is 5.76. The number of ether oxygens (including phenoxy) is 2. The van der Waals surface area contributed by atoms with Crippen LogP contribution in [0.5, 0.6) is 5.75 Å². The summed E-state index contributed by atoms with van der Waals surface area (Å²) in [4.78, 5) is 30.5. The maximum Gasteiger partial charge on any atom is 0.573 e. The van der Waals surface area contributed by atoms with Gasteiger partial charge in [-0.2, -0.15) is 0 Å². The third-order valence-electron chi connectivity index (χ3n) is 3.53. The summed E-state index contributed by atoms with van der Waals surface area (Å²) < 4.78 is 45.4. The van der Waals surface area contributed by atoms with Gasteiger partial charge in [0.15, 0.2) is 0 Å². The van der Waals surface area contributed by atoms with Gasteiger partial charge < -0.3 is 19.8 Å². The minimum absolute atomic E-state index is 0.0359. The lowest BCUT2D eigenvalue weighted by Gasteiger charge is -2.18. The Balaban J connectivity index is 2.14. The van der Waals surface area contributed by atoms with Crippen molar-refractivity contribution in [2.24, 2.45) is 0 Å². The lowest BCUT2D eigenvalue weighted by atomic mass is 10.0. The molecular weight excluding hydrogens is 367 g/mol. The largest absolute Gasteiger partial charge is 0.573 e. The third-order valence-corrected chi connectivity index (χ3v) is 3.53. The summed E-state index contributed by atoms with van der Waals surface area (Å²) >= 11 is 0. The van der Waals surface area contributed by atoms with E-state index in [-0.39, 0.29) is 23.9 Å². The molecule has 0 aliphatic carbocycles. The van der Waals surface area contributed by atoms with Crippen LogP contribution in [-0.4, -0.2) is 29.3 Å². The number of aromatic amines is 1. The third kappa shape index (κ3) is 6.10. The van der Waals surface area contributed by atoms with Crippen molar-refractivity contribution in [1.29, 1.82) is 0 Å². The molecule has 0 bridgehead atoms. The van der Waals surface area contributed by atoms with E-state index in [0.29, 0.717) is 12.0 Å². The minimum atomic E-state index is -4.77. The van der Waals surface area contributed by atoms with Crippen LogP contribution >= 0.6 is 0 Å². The van der Waals surface area contributed by atoms with E-state index in [1.165, 1.54) is 31.4 Å². The van der Waals surface area contributed by atoms with Crippen LogP contribution in [-0.2, 0) is 11.3 Å². The Bertz CT molecular complexity index is 835. The number of methoxy groups -OCH3 is 1. The van der Waals surface area contributed by atoms with Crippen LogP contribution in [0.2, 0.25) is 0 Å². The number of nitrogens with one attached hydrogen (secondary N) is 2. The van der Waals surface area contributed by atoms with Gasteiger partial charge in [-0.1, -0.05) is 19.1 Å². The molecule has 1 unspecified atom stereocenters. The van der Waals surface area contributed by atoms with Gasteiger partial charge in [-0.3, -0.25) is 9.59 Å². The van der Waals surface area contributed by atoms with Crippen LogP contribution in [0, 0.1) is 0 Å². The number of hydrogen-bond donors (Lipinski definition) is 2. The van der Waals surface area contributed by atoms with Crippen molar-refractivity contribution in [2.75, 3.05) is 7.11 Å². The highest BCUT2D eigenvalue weighted by molar-refractivity contribution is 5.92. The molecule has 1 amide bonds. The summed E-state index contributed by atoms with van der Waals surface area (Å²) in [5.74, 6) is -0.731. The standard InChI is InChI=1S/C17H18F3N3O4/c1-3-12(10-4-6-11(7-5-10)27-17(18,19)20)22-16(25)13-8-15(24)23-14(21-13)9-26-2/h4-8,12H,3,9H2,1-2H3,(H,22,25)(H,21,23,24). The fourth-order valence-corrected chi connectivity index (χ4v) is 2.38. The second kappa shape index (κ2) is 8.67. The minimum Gasteiger partial charge on any atom is -0.406 e. The Hall–Kier alpha value is -2.88. The van der Waals surface area contributed by atoms with Crippen LogP contribution in [0.25, 0.3) is 0 Å². The van der Waals surface area contributed by atoms with Crippen molar-refractivity contribution in [3.8, 4) is 5.75 Å². The number of amides is 1. The van der Waals surface area contributed by atoms with Gasteiger partial charge in [-0.05, 0) is 24.1 Å². The molecule has 146 valence electrons. The number of nitrogens with zero attached hydrogens (tertiary/aromatic N) is 1. The molecule has 2 aromatic rings. The normalized spacial score (nSPS) is 12.5. The Morgan fingerprint density at radius 1 is 1.30 bits per heavy atom. The molecule has 0 spiro atoms. The van der Waals surface area contributed by atoms with Crippen LogP contribution in [0.15, 0.2) is 35.1 Å². The van der Waals surface area contributed by atoms with Crippen molar-refractivity contribution in [3.63, 3.8) is 0 Å². The number of rotatable bonds is 7.